The Morgan fingerprint density at radius 3 is 2.47 bits per heavy atom. The predicted octanol–water partition coefficient (Wildman–Crippen LogP) is 1.97. The van der Waals surface area contributed by atoms with Crippen molar-refractivity contribution >= 4 is 22.6 Å². The molecule has 0 saturated carbocycles. The fourth-order valence-corrected chi connectivity index (χ4v) is 5.10. The van der Waals surface area contributed by atoms with Gasteiger partial charge in [-0.05, 0) is 11.6 Å². The number of ether oxygens (including phenoxy) is 4. The van der Waals surface area contributed by atoms with Gasteiger partial charge in [0.1, 0.15) is 24.4 Å². The van der Waals surface area contributed by atoms with Crippen LogP contribution in [0, 0.1) is 0 Å². The van der Waals surface area contributed by atoms with E-state index in [2.05, 4.69) is 4.98 Å². The summed E-state index contributed by atoms with van der Waals surface area (Å²) >= 11 is 6.55. The van der Waals surface area contributed by atoms with E-state index < -0.39 is 18.3 Å². The molecule has 6 rings (SSSR count). The zero-order chi connectivity index (χ0) is 23.4. The van der Waals surface area contributed by atoms with E-state index in [4.69, 9.17) is 35.5 Å². The molecule has 0 radical (unpaired) electrons. The van der Waals surface area contributed by atoms with Gasteiger partial charge in [-0.15, -0.1) is 0 Å². The van der Waals surface area contributed by atoms with Crippen molar-refractivity contribution in [3.8, 4) is 17.1 Å². The van der Waals surface area contributed by atoms with Crippen molar-refractivity contribution in [2.75, 3.05) is 19.8 Å². The summed E-state index contributed by atoms with van der Waals surface area (Å²) in [6.07, 6.45) is -3.18. The number of hydrogen-bond acceptors (Lipinski definition) is 8. The molecule has 0 unspecified atom stereocenters. The molecule has 0 spiro atoms. The molecular formula is C24H25ClN2O7. The molecule has 3 aliphatic heterocycles. The smallest absolute Gasteiger partial charge is 0.193 e. The van der Waals surface area contributed by atoms with Gasteiger partial charge < -0.3 is 39.3 Å². The number of halogens is 1. The van der Waals surface area contributed by atoms with Crippen LogP contribution in [0.2, 0.25) is 5.02 Å². The lowest BCUT2D eigenvalue weighted by Crippen LogP contribution is -2.37. The molecule has 5 heterocycles. The standard InChI is InChI=1S/C24H25ClN2O7/c25-13-5-14-15(6-21(26-14)34-20-10-33-23-18(30)9-32-24(20)23)27-22(13)12-3-1-11(2-4-12)19-7-16(28)17(29)8-31-19/h1-6,16-20,23-24,26,28-30H,7-10H2/t16-,17+,18-,19+,20-,23-,24-/m1/s1. The lowest BCUT2D eigenvalue weighted by atomic mass is 9.96. The Morgan fingerprint density at radius 2 is 1.68 bits per heavy atom. The summed E-state index contributed by atoms with van der Waals surface area (Å²) in [5.74, 6) is 0.528. The highest BCUT2D eigenvalue weighted by atomic mass is 35.5. The van der Waals surface area contributed by atoms with Gasteiger partial charge in [0, 0.05) is 18.1 Å². The van der Waals surface area contributed by atoms with Crippen molar-refractivity contribution in [2.45, 2.75) is 49.1 Å². The van der Waals surface area contributed by atoms with Gasteiger partial charge in [-0.1, -0.05) is 35.9 Å². The van der Waals surface area contributed by atoms with Crippen molar-refractivity contribution in [1.29, 1.82) is 0 Å². The SMILES string of the molecule is O[C@@H]1CO[C@H]2[C@@H]1OC[C@H]2Oc1cc2nc(-c3ccc([C@@H]4C[C@@H](O)[C@@H](O)CO4)cc3)c(Cl)cc2[nH]1. The Kier molecular flexibility index (Phi) is 5.73. The molecule has 0 amide bonds. The minimum absolute atomic E-state index is 0.108. The molecule has 10 heteroatoms. The van der Waals surface area contributed by atoms with E-state index in [1.807, 2.05) is 36.4 Å². The Bertz CT molecular complexity index is 1190. The molecule has 180 valence electrons. The Hall–Kier alpha value is -2.24. The first-order chi connectivity index (χ1) is 16.5. The van der Waals surface area contributed by atoms with Crippen LogP contribution in [-0.2, 0) is 14.2 Å². The van der Waals surface area contributed by atoms with Crippen LogP contribution in [-0.4, -0.2) is 81.7 Å². The van der Waals surface area contributed by atoms with E-state index in [-0.39, 0.29) is 37.6 Å². The van der Waals surface area contributed by atoms with Crippen molar-refractivity contribution in [3.05, 3.63) is 47.0 Å². The number of aromatic amines is 1. The lowest BCUT2D eigenvalue weighted by molar-refractivity contribution is -0.122. The molecule has 7 atom stereocenters. The molecule has 2 aromatic heterocycles. The molecule has 3 aliphatic rings. The second-order valence-electron chi connectivity index (χ2n) is 9.02. The summed E-state index contributed by atoms with van der Waals surface area (Å²) in [6, 6.07) is 11.3. The molecule has 3 fully saturated rings. The summed E-state index contributed by atoms with van der Waals surface area (Å²) in [4.78, 5) is 7.92. The van der Waals surface area contributed by atoms with E-state index in [0.29, 0.717) is 35.1 Å². The number of nitrogens with zero attached hydrogens (tertiary/aromatic N) is 1. The third-order valence-corrected chi connectivity index (χ3v) is 7.00. The van der Waals surface area contributed by atoms with Crippen LogP contribution in [0.1, 0.15) is 18.1 Å². The summed E-state index contributed by atoms with van der Waals surface area (Å²) in [5, 5.41) is 30.0. The van der Waals surface area contributed by atoms with Crippen molar-refractivity contribution < 1.29 is 34.3 Å². The zero-order valence-corrected chi connectivity index (χ0v) is 18.9. The minimum Gasteiger partial charge on any atom is -0.470 e. The number of benzene rings is 1. The Labute approximate surface area is 200 Å². The number of pyridine rings is 1. The third kappa shape index (κ3) is 3.97. The normalized spacial score (nSPS) is 33.4. The van der Waals surface area contributed by atoms with E-state index >= 15 is 0 Å². The van der Waals surface area contributed by atoms with Crippen LogP contribution < -0.4 is 4.74 Å². The average Bonchev–Trinajstić information content (AvgIpc) is 3.52. The van der Waals surface area contributed by atoms with Gasteiger partial charge >= 0.3 is 0 Å². The fourth-order valence-electron chi connectivity index (χ4n) is 4.84. The Balaban J connectivity index is 1.21. The minimum atomic E-state index is -0.847. The van der Waals surface area contributed by atoms with Crippen LogP contribution in [0.15, 0.2) is 36.4 Å². The number of aromatic nitrogens is 2. The first kappa shape index (κ1) is 22.2. The number of aliphatic hydroxyl groups is 3. The zero-order valence-electron chi connectivity index (χ0n) is 18.1. The summed E-state index contributed by atoms with van der Waals surface area (Å²) in [5.41, 5.74) is 3.84. The molecule has 4 N–H and O–H groups in total. The number of fused-ring (bicyclic) bond motifs is 2. The van der Waals surface area contributed by atoms with Crippen molar-refractivity contribution in [1.82, 2.24) is 9.97 Å². The van der Waals surface area contributed by atoms with Crippen LogP contribution in [0.25, 0.3) is 22.3 Å². The summed E-state index contributed by atoms with van der Waals surface area (Å²) in [7, 11) is 0. The molecule has 3 aromatic rings. The van der Waals surface area contributed by atoms with Crippen LogP contribution in [0.5, 0.6) is 5.88 Å². The lowest BCUT2D eigenvalue weighted by Gasteiger charge is -2.30. The highest BCUT2D eigenvalue weighted by Crippen LogP contribution is 2.35. The number of aliphatic hydroxyl groups excluding tert-OH is 3. The summed E-state index contributed by atoms with van der Waals surface area (Å²) < 4.78 is 23.0. The summed E-state index contributed by atoms with van der Waals surface area (Å²) in [6.45, 7) is 0.696. The molecule has 0 bridgehead atoms. The molecular weight excluding hydrogens is 464 g/mol. The predicted molar refractivity (Wildman–Crippen MR) is 122 cm³/mol. The van der Waals surface area contributed by atoms with E-state index in [1.54, 1.807) is 0 Å². The largest absolute Gasteiger partial charge is 0.470 e. The maximum atomic E-state index is 9.93. The van der Waals surface area contributed by atoms with Gasteiger partial charge in [0.05, 0.1) is 53.8 Å². The topological polar surface area (TPSA) is 126 Å². The highest BCUT2D eigenvalue weighted by molar-refractivity contribution is 6.33. The number of nitrogens with one attached hydrogen (secondary N) is 1. The van der Waals surface area contributed by atoms with Gasteiger partial charge in [-0.3, -0.25) is 0 Å². The van der Waals surface area contributed by atoms with Crippen molar-refractivity contribution in [2.24, 2.45) is 0 Å². The number of rotatable bonds is 4. The van der Waals surface area contributed by atoms with Gasteiger partial charge in [0.2, 0.25) is 0 Å². The third-order valence-electron chi connectivity index (χ3n) is 6.72. The highest BCUT2D eigenvalue weighted by Gasteiger charge is 2.48. The molecule has 34 heavy (non-hydrogen) atoms. The molecule has 3 saturated heterocycles. The van der Waals surface area contributed by atoms with Crippen LogP contribution >= 0.6 is 11.6 Å². The van der Waals surface area contributed by atoms with E-state index in [0.717, 1.165) is 16.6 Å². The quantitative estimate of drug-likeness (QED) is 0.439. The fraction of sp³-hybridized carbons (Fsp3) is 0.458. The van der Waals surface area contributed by atoms with Crippen LogP contribution in [0.4, 0.5) is 0 Å². The van der Waals surface area contributed by atoms with Crippen molar-refractivity contribution in [3.63, 3.8) is 0 Å². The first-order valence-electron chi connectivity index (χ1n) is 11.3. The maximum absolute atomic E-state index is 9.93. The van der Waals surface area contributed by atoms with E-state index in [9.17, 15) is 15.3 Å². The molecule has 9 nitrogen and oxygen atoms in total. The van der Waals surface area contributed by atoms with Gasteiger partial charge in [-0.2, -0.15) is 0 Å². The van der Waals surface area contributed by atoms with Gasteiger partial charge in [0.15, 0.2) is 12.0 Å². The molecule has 0 aliphatic carbocycles. The Morgan fingerprint density at radius 1 is 0.912 bits per heavy atom. The first-order valence-corrected chi connectivity index (χ1v) is 11.7. The second-order valence-corrected chi connectivity index (χ2v) is 9.43. The maximum Gasteiger partial charge on any atom is 0.193 e. The second kappa shape index (κ2) is 8.76. The molecule has 1 aromatic carbocycles. The van der Waals surface area contributed by atoms with E-state index in [1.165, 1.54) is 0 Å². The van der Waals surface area contributed by atoms with Gasteiger partial charge in [0.25, 0.3) is 0 Å². The van der Waals surface area contributed by atoms with Gasteiger partial charge in [-0.25, -0.2) is 4.98 Å². The number of H-pyrrole nitrogens is 1. The average molecular weight is 489 g/mol. The van der Waals surface area contributed by atoms with Crippen LogP contribution in [0.3, 0.4) is 0 Å². The monoisotopic (exact) mass is 488 g/mol. The number of hydrogen-bond donors (Lipinski definition) is 4.